The van der Waals surface area contributed by atoms with E-state index in [0.29, 0.717) is 13.2 Å². The molecule has 1 atom stereocenters. The quantitative estimate of drug-likeness (QED) is 0.578. The lowest BCUT2D eigenvalue weighted by Crippen LogP contribution is -2.48. The molecule has 118 valence electrons. The fourth-order valence-corrected chi connectivity index (χ4v) is 5.18. The summed E-state index contributed by atoms with van der Waals surface area (Å²) >= 11 is 0. The largest absolute Gasteiger partial charge is 0.465 e. The molecule has 0 saturated heterocycles. The van der Waals surface area contributed by atoms with Crippen LogP contribution in [0.5, 0.6) is 0 Å². The van der Waals surface area contributed by atoms with E-state index in [2.05, 4.69) is 0 Å². The SMILES string of the molecule is CCOC(=O)C(C)C(=O)OCC12CC3CC(CC(C3)C1)C2. The third-order valence-corrected chi connectivity index (χ3v) is 5.68. The maximum absolute atomic E-state index is 12.0. The number of esters is 2. The maximum Gasteiger partial charge on any atom is 0.320 e. The van der Waals surface area contributed by atoms with Gasteiger partial charge in [-0.15, -0.1) is 0 Å². The van der Waals surface area contributed by atoms with Gasteiger partial charge in [0, 0.05) is 5.41 Å². The van der Waals surface area contributed by atoms with Gasteiger partial charge in [0.25, 0.3) is 0 Å². The molecule has 4 fully saturated rings. The zero-order chi connectivity index (χ0) is 15.0. The van der Waals surface area contributed by atoms with Crippen molar-refractivity contribution in [3.8, 4) is 0 Å². The molecule has 4 nitrogen and oxygen atoms in total. The standard InChI is InChI=1S/C17H26O4/c1-3-20-15(18)11(2)16(19)21-10-17-7-12-4-13(8-17)6-14(5-12)9-17/h11-14H,3-10H2,1-2H3. The molecule has 4 rings (SSSR count). The van der Waals surface area contributed by atoms with Gasteiger partial charge < -0.3 is 9.47 Å². The van der Waals surface area contributed by atoms with E-state index in [1.807, 2.05) is 0 Å². The summed E-state index contributed by atoms with van der Waals surface area (Å²) in [6.07, 6.45) is 7.77. The normalized spacial score (nSPS) is 38.1. The van der Waals surface area contributed by atoms with Gasteiger partial charge >= 0.3 is 11.9 Å². The molecular formula is C17H26O4. The van der Waals surface area contributed by atoms with Crippen LogP contribution in [-0.4, -0.2) is 25.2 Å². The molecule has 4 heteroatoms. The number of hydrogen-bond donors (Lipinski definition) is 0. The maximum atomic E-state index is 12.0. The van der Waals surface area contributed by atoms with Gasteiger partial charge in [-0.3, -0.25) is 9.59 Å². The topological polar surface area (TPSA) is 52.6 Å². The Bertz CT molecular complexity index is 393. The number of rotatable bonds is 5. The zero-order valence-electron chi connectivity index (χ0n) is 13.1. The van der Waals surface area contributed by atoms with Crippen LogP contribution in [-0.2, 0) is 19.1 Å². The first-order valence-corrected chi connectivity index (χ1v) is 8.34. The van der Waals surface area contributed by atoms with Gasteiger partial charge in [-0.1, -0.05) is 0 Å². The molecule has 0 aromatic rings. The average molecular weight is 294 g/mol. The molecule has 0 N–H and O–H groups in total. The number of ether oxygens (including phenoxy) is 2. The minimum atomic E-state index is -0.807. The van der Waals surface area contributed by atoms with Crippen LogP contribution in [0.1, 0.15) is 52.4 Å². The molecule has 0 radical (unpaired) electrons. The van der Waals surface area contributed by atoms with E-state index in [1.54, 1.807) is 13.8 Å². The molecule has 0 aromatic heterocycles. The highest BCUT2D eigenvalue weighted by Crippen LogP contribution is 2.60. The fourth-order valence-electron chi connectivity index (χ4n) is 5.18. The summed E-state index contributed by atoms with van der Waals surface area (Å²) in [5, 5.41) is 0. The van der Waals surface area contributed by atoms with Crippen LogP contribution in [0.2, 0.25) is 0 Å². The van der Waals surface area contributed by atoms with Crippen LogP contribution in [0.25, 0.3) is 0 Å². The summed E-state index contributed by atoms with van der Waals surface area (Å²) in [6, 6.07) is 0. The molecule has 0 heterocycles. The van der Waals surface area contributed by atoms with E-state index in [0.717, 1.165) is 17.8 Å². The third kappa shape index (κ3) is 2.95. The molecule has 0 aromatic carbocycles. The molecular weight excluding hydrogens is 268 g/mol. The number of carbonyl (C=O) groups excluding carboxylic acids is 2. The Morgan fingerprint density at radius 2 is 1.48 bits per heavy atom. The molecule has 0 aliphatic heterocycles. The summed E-state index contributed by atoms with van der Waals surface area (Å²) in [6.45, 7) is 4.11. The Kier molecular flexibility index (Phi) is 3.98. The van der Waals surface area contributed by atoms with Gasteiger partial charge in [0.05, 0.1) is 13.2 Å². The Hall–Kier alpha value is -1.06. The predicted molar refractivity (Wildman–Crippen MR) is 77.4 cm³/mol. The number of carbonyl (C=O) groups is 2. The van der Waals surface area contributed by atoms with E-state index in [1.165, 1.54) is 38.5 Å². The summed E-state index contributed by atoms with van der Waals surface area (Å²) < 4.78 is 10.4. The number of hydrogen-bond acceptors (Lipinski definition) is 4. The molecule has 21 heavy (non-hydrogen) atoms. The van der Waals surface area contributed by atoms with Crippen LogP contribution in [0.15, 0.2) is 0 Å². The van der Waals surface area contributed by atoms with Crippen LogP contribution < -0.4 is 0 Å². The second-order valence-corrected chi connectivity index (χ2v) is 7.50. The minimum Gasteiger partial charge on any atom is -0.465 e. The summed E-state index contributed by atoms with van der Waals surface area (Å²) in [7, 11) is 0. The second-order valence-electron chi connectivity index (χ2n) is 7.50. The van der Waals surface area contributed by atoms with Crippen molar-refractivity contribution >= 4 is 11.9 Å². The summed E-state index contributed by atoms with van der Waals surface area (Å²) in [4.78, 5) is 23.6. The summed E-state index contributed by atoms with van der Waals surface area (Å²) in [5.41, 5.74) is 0.207. The van der Waals surface area contributed by atoms with Gasteiger partial charge in [-0.25, -0.2) is 0 Å². The molecule has 4 bridgehead atoms. The van der Waals surface area contributed by atoms with E-state index in [4.69, 9.17) is 9.47 Å². The average Bonchev–Trinajstić information content (AvgIpc) is 2.43. The Morgan fingerprint density at radius 3 is 1.95 bits per heavy atom. The molecule has 0 spiro atoms. The molecule has 4 saturated carbocycles. The smallest absolute Gasteiger partial charge is 0.320 e. The Balaban J connectivity index is 1.55. The first kappa shape index (κ1) is 14.9. The van der Waals surface area contributed by atoms with Crippen molar-refractivity contribution in [3.63, 3.8) is 0 Å². The summed E-state index contributed by atoms with van der Waals surface area (Å²) in [5.74, 6) is 0.823. The highest BCUT2D eigenvalue weighted by molar-refractivity contribution is 5.94. The first-order chi connectivity index (χ1) is 10.0. The van der Waals surface area contributed by atoms with E-state index in [-0.39, 0.29) is 5.41 Å². The zero-order valence-corrected chi connectivity index (χ0v) is 13.1. The Labute approximate surface area is 126 Å². The first-order valence-electron chi connectivity index (χ1n) is 8.34. The molecule has 4 aliphatic carbocycles. The van der Waals surface area contributed by atoms with Crippen molar-refractivity contribution in [1.29, 1.82) is 0 Å². The van der Waals surface area contributed by atoms with Crippen molar-refractivity contribution in [1.82, 2.24) is 0 Å². The lowest BCUT2D eigenvalue weighted by atomic mass is 9.50. The molecule has 4 aliphatic rings. The molecule has 1 unspecified atom stereocenters. The van der Waals surface area contributed by atoms with Crippen molar-refractivity contribution in [2.24, 2.45) is 29.1 Å². The van der Waals surface area contributed by atoms with E-state index in [9.17, 15) is 9.59 Å². The Morgan fingerprint density at radius 1 is 1.00 bits per heavy atom. The van der Waals surface area contributed by atoms with E-state index >= 15 is 0 Å². The minimum absolute atomic E-state index is 0.207. The lowest BCUT2D eigenvalue weighted by Gasteiger charge is -2.56. The van der Waals surface area contributed by atoms with Crippen molar-refractivity contribution < 1.29 is 19.1 Å². The van der Waals surface area contributed by atoms with Crippen LogP contribution in [0.3, 0.4) is 0 Å². The van der Waals surface area contributed by atoms with Gasteiger partial charge in [0.2, 0.25) is 0 Å². The lowest BCUT2D eigenvalue weighted by molar-refractivity contribution is -0.167. The fraction of sp³-hybridized carbons (Fsp3) is 0.882. The molecule has 0 amide bonds. The van der Waals surface area contributed by atoms with E-state index < -0.39 is 17.9 Å². The highest BCUT2D eigenvalue weighted by atomic mass is 16.6. The third-order valence-electron chi connectivity index (χ3n) is 5.68. The second kappa shape index (κ2) is 5.62. The monoisotopic (exact) mass is 294 g/mol. The highest BCUT2D eigenvalue weighted by Gasteiger charge is 2.51. The van der Waals surface area contributed by atoms with Crippen molar-refractivity contribution in [3.05, 3.63) is 0 Å². The van der Waals surface area contributed by atoms with Crippen molar-refractivity contribution in [2.45, 2.75) is 52.4 Å². The van der Waals surface area contributed by atoms with Gasteiger partial charge in [0.1, 0.15) is 0 Å². The van der Waals surface area contributed by atoms with Crippen LogP contribution in [0, 0.1) is 29.1 Å². The van der Waals surface area contributed by atoms with Gasteiger partial charge in [-0.05, 0) is 70.1 Å². The van der Waals surface area contributed by atoms with Crippen LogP contribution >= 0.6 is 0 Å². The van der Waals surface area contributed by atoms with Crippen molar-refractivity contribution in [2.75, 3.05) is 13.2 Å². The van der Waals surface area contributed by atoms with Crippen LogP contribution in [0.4, 0.5) is 0 Å². The van der Waals surface area contributed by atoms with Gasteiger partial charge in [-0.2, -0.15) is 0 Å². The predicted octanol–water partition coefficient (Wildman–Crippen LogP) is 2.95. The van der Waals surface area contributed by atoms with Gasteiger partial charge in [0.15, 0.2) is 5.92 Å².